The van der Waals surface area contributed by atoms with Crippen LogP contribution < -0.4 is 15.6 Å². The van der Waals surface area contributed by atoms with Crippen molar-refractivity contribution in [2.45, 2.75) is 13.0 Å². The van der Waals surface area contributed by atoms with Gasteiger partial charge in [0.25, 0.3) is 11.8 Å². The summed E-state index contributed by atoms with van der Waals surface area (Å²) in [5, 5.41) is 0. The van der Waals surface area contributed by atoms with E-state index in [1.807, 2.05) is 59.4 Å². The van der Waals surface area contributed by atoms with Gasteiger partial charge in [0, 0.05) is 12.4 Å². The van der Waals surface area contributed by atoms with E-state index in [1.165, 1.54) is 0 Å². The first kappa shape index (κ1) is 17.3. The first-order chi connectivity index (χ1) is 12.6. The molecule has 3 rings (SSSR count). The highest BCUT2D eigenvalue weighted by Gasteiger charge is 2.17. The Kier molecular flexibility index (Phi) is 5.34. The molecule has 0 aliphatic heterocycles. The van der Waals surface area contributed by atoms with Gasteiger partial charge in [-0.1, -0.05) is 30.3 Å². The van der Waals surface area contributed by atoms with Gasteiger partial charge in [-0.15, -0.1) is 0 Å². The molecule has 1 heterocycles. The van der Waals surface area contributed by atoms with Gasteiger partial charge < -0.3 is 9.30 Å². The molecule has 2 aromatic carbocycles. The van der Waals surface area contributed by atoms with Gasteiger partial charge >= 0.3 is 0 Å². The van der Waals surface area contributed by atoms with E-state index in [0.717, 1.165) is 5.69 Å². The molecule has 0 fully saturated rings. The van der Waals surface area contributed by atoms with Crippen molar-refractivity contribution in [2.75, 3.05) is 0 Å². The molecule has 6 nitrogen and oxygen atoms in total. The number of hydrazine groups is 1. The summed E-state index contributed by atoms with van der Waals surface area (Å²) in [7, 11) is 0. The fourth-order valence-corrected chi connectivity index (χ4v) is 2.43. The maximum atomic E-state index is 12.5. The molecule has 0 aliphatic carbocycles. The molecule has 0 spiro atoms. The quantitative estimate of drug-likeness (QED) is 0.696. The number of ether oxygens (including phenoxy) is 1. The molecular weight excluding hydrogens is 330 g/mol. The molecule has 6 heteroatoms. The van der Waals surface area contributed by atoms with Crippen molar-refractivity contribution >= 4 is 11.8 Å². The number of nitrogens with zero attached hydrogens (tertiary/aromatic N) is 1. The van der Waals surface area contributed by atoms with Gasteiger partial charge in [0.2, 0.25) is 0 Å². The van der Waals surface area contributed by atoms with E-state index < -0.39 is 17.9 Å². The Morgan fingerprint density at radius 3 is 2.27 bits per heavy atom. The van der Waals surface area contributed by atoms with E-state index in [9.17, 15) is 9.59 Å². The zero-order valence-electron chi connectivity index (χ0n) is 14.3. The molecule has 0 bridgehead atoms. The minimum atomic E-state index is -0.752. The average molecular weight is 349 g/mol. The van der Waals surface area contributed by atoms with Crippen LogP contribution in [0.15, 0.2) is 79.1 Å². The molecule has 132 valence electrons. The van der Waals surface area contributed by atoms with Gasteiger partial charge in [0.05, 0.1) is 11.3 Å². The molecule has 0 saturated carbocycles. The van der Waals surface area contributed by atoms with Crippen molar-refractivity contribution in [3.8, 4) is 11.4 Å². The van der Waals surface area contributed by atoms with Crippen molar-refractivity contribution in [3.05, 3.63) is 84.7 Å². The number of benzene rings is 2. The van der Waals surface area contributed by atoms with Crippen LogP contribution in [-0.2, 0) is 4.79 Å². The lowest BCUT2D eigenvalue weighted by molar-refractivity contribution is -0.128. The number of carbonyl (C=O) groups excluding carboxylic acids is 2. The average Bonchev–Trinajstić information content (AvgIpc) is 3.21. The number of carbonyl (C=O) groups is 2. The lowest BCUT2D eigenvalue weighted by atomic mass is 10.1. The van der Waals surface area contributed by atoms with E-state index in [1.54, 1.807) is 31.2 Å². The Labute approximate surface area is 151 Å². The SMILES string of the molecule is CC(Oc1ccccc1)C(=O)NNC(=O)c1ccccc1-n1cccc1. The predicted molar refractivity (Wildman–Crippen MR) is 97.9 cm³/mol. The van der Waals surface area contributed by atoms with Gasteiger partial charge in [-0.2, -0.15) is 0 Å². The van der Waals surface area contributed by atoms with Gasteiger partial charge in [0.1, 0.15) is 5.75 Å². The molecule has 1 unspecified atom stereocenters. The number of para-hydroxylation sites is 2. The van der Waals surface area contributed by atoms with E-state index in [4.69, 9.17) is 4.74 Å². The third-order valence-corrected chi connectivity index (χ3v) is 3.76. The minimum Gasteiger partial charge on any atom is -0.481 e. The lowest BCUT2D eigenvalue weighted by Gasteiger charge is -2.16. The Morgan fingerprint density at radius 1 is 0.885 bits per heavy atom. The molecule has 2 amide bonds. The maximum Gasteiger partial charge on any atom is 0.279 e. The fourth-order valence-electron chi connectivity index (χ4n) is 2.43. The number of hydrogen-bond acceptors (Lipinski definition) is 3. The number of nitrogens with one attached hydrogen (secondary N) is 2. The Hall–Kier alpha value is -3.54. The highest BCUT2D eigenvalue weighted by molar-refractivity contribution is 5.98. The summed E-state index contributed by atoms with van der Waals surface area (Å²) >= 11 is 0. The maximum absolute atomic E-state index is 12.5. The third kappa shape index (κ3) is 4.10. The Bertz CT molecular complexity index is 876. The fraction of sp³-hybridized carbons (Fsp3) is 0.100. The van der Waals surface area contributed by atoms with E-state index in [0.29, 0.717) is 11.3 Å². The molecule has 26 heavy (non-hydrogen) atoms. The summed E-state index contributed by atoms with van der Waals surface area (Å²) in [6.45, 7) is 1.61. The molecule has 0 saturated heterocycles. The summed E-state index contributed by atoms with van der Waals surface area (Å²) < 4.78 is 7.36. The standard InChI is InChI=1S/C20H19N3O3/c1-15(26-16-9-3-2-4-10-16)19(24)21-22-20(25)17-11-5-6-12-18(17)23-13-7-8-14-23/h2-15H,1H3,(H,21,24)(H,22,25). The van der Waals surface area contributed by atoms with Gasteiger partial charge in [0.15, 0.2) is 6.10 Å². The minimum absolute atomic E-state index is 0.408. The van der Waals surface area contributed by atoms with Crippen molar-refractivity contribution in [1.29, 1.82) is 0 Å². The van der Waals surface area contributed by atoms with Gasteiger partial charge in [-0.05, 0) is 43.3 Å². The zero-order chi connectivity index (χ0) is 18.4. The van der Waals surface area contributed by atoms with Crippen LogP contribution in [0.25, 0.3) is 5.69 Å². The van der Waals surface area contributed by atoms with E-state index in [2.05, 4.69) is 10.9 Å². The van der Waals surface area contributed by atoms with Crippen LogP contribution in [0.4, 0.5) is 0 Å². The largest absolute Gasteiger partial charge is 0.481 e. The first-order valence-electron chi connectivity index (χ1n) is 8.19. The second kappa shape index (κ2) is 8.02. The Balaban J connectivity index is 1.61. The topological polar surface area (TPSA) is 72.4 Å². The highest BCUT2D eigenvalue weighted by Crippen LogP contribution is 2.14. The zero-order valence-corrected chi connectivity index (χ0v) is 14.3. The summed E-state index contributed by atoms with van der Waals surface area (Å²) in [6.07, 6.45) is 2.94. The summed E-state index contributed by atoms with van der Waals surface area (Å²) in [5.74, 6) is -0.269. The second-order valence-electron chi connectivity index (χ2n) is 5.62. The Morgan fingerprint density at radius 2 is 1.54 bits per heavy atom. The van der Waals surface area contributed by atoms with Crippen molar-refractivity contribution in [3.63, 3.8) is 0 Å². The predicted octanol–water partition coefficient (Wildman–Crippen LogP) is 2.71. The van der Waals surface area contributed by atoms with Crippen molar-refractivity contribution in [1.82, 2.24) is 15.4 Å². The van der Waals surface area contributed by atoms with E-state index in [-0.39, 0.29) is 0 Å². The number of amides is 2. The lowest BCUT2D eigenvalue weighted by Crippen LogP contribution is -2.47. The first-order valence-corrected chi connectivity index (χ1v) is 8.19. The molecule has 1 aromatic heterocycles. The summed E-state index contributed by atoms with van der Waals surface area (Å²) in [4.78, 5) is 24.6. The smallest absolute Gasteiger partial charge is 0.279 e. The molecular formula is C20H19N3O3. The van der Waals surface area contributed by atoms with Crippen molar-refractivity contribution < 1.29 is 14.3 Å². The number of aromatic nitrogens is 1. The van der Waals surface area contributed by atoms with Crippen LogP contribution in [0, 0.1) is 0 Å². The van der Waals surface area contributed by atoms with Crippen LogP contribution in [0.1, 0.15) is 17.3 Å². The van der Waals surface area contributed by atoms with Crippen LogP contribution in [-0.4, -0.2) is 22.5 Å². The number of hydrogen-bond donors (Lipinski definition) is 2. The van der Waals surface area contributed by atoms with Crippen molar-refractivity contribution in [2.24, 2.45) is 0 Å². The van der Waals surface area contributed by atoms with Gasteiger partial charge in [-0.25, -0.2) is 0 Å². The number of rotatable bonds is 5. The molecule has 0 aliphatic rings. The van der Waals surface area contributed by atoms with Crippen LogP contribution >= 0.6 is 0 Å². The summed E-state index contributed by atoms with van der Waals surface area (Å²) in [5.41, 5.74) is 6.00. The van der Waals surface area contributed by atoms with Crippen LogP contribution in [0.5, 0.6) is 5.75 Å². The molecule has 0 radical (unpaired) electrons. The third-order valence-electron chi connectivity index (χ3n) is 3.76. The molecule has 1 atom stereocenters. The van der Waals surface area contributed by atoms with Crippen LogP contribution in [0.3, 0.4) is 0 Å². The second-order valence-corrected chi connectivity index (χ2v) is 5.62. The highest BCUT2D eigenvalue weighted by atomic mass is 16.5. The molecule has 2 N–H and O–H groups in total. The monoisotopic (exact) mass is 349 g/mol. The van der Waals surface area contributed by atoms with E-state index >= 15 is 0 Å². The molecule has 3 aromatic rings. The normalized spacial score (nSPS) is 11.4. The summed E-state index contributed by atoms with van der Waals surface area (Å²) in [6, 6.07) is 19.9. The van der Waals surface area contributed by atoms with Gasteiger partial charge in [-0.3, -0.25) is 20.4 Å². The van der Waals surface area contributed by atoms with Crippen LogP contribution in [0.2, 0.25) is 0 Å².